The van der Waals surface area contributed by atoms with E-state index in [9.17, 15) is 4.21 Å². The predicted octanol–water partition coefficient (Wildman–Crippen LogP) is 12.1. The Bertz CT molecular complexity index is 3100. The highest BCUT2D eigenvalue weighted by atomic mass is 32.2. The first-order valence-electron chi connectivity index (χ1n) is 17.9. The first kappa shape index (κ1) is 28.9. The van der Waals surface area contributed by atoms with Gasteiger partial charge in [-0.2, -0.15) is 0 Å². The highest BCUT2D eigenvalue weighted by Gasteiger charge is 2.26. The molecule has 0 spiro atoms. The molecule has 0 aliphatic carbocycles. The fraction of sp³-hybridized carbons (Fsp3) is 0. The smallest absolute Gasteiger partial charge is 0.0862 e. The Hall–Kier alpha value is -6.69. The van der Waals surface area contributed by atoms with Crippen molar-refractivity contribution in [3.8, 4) is 28.2 Å². The molecule has 248 valence electrons. The Kier molecular flexibility index (Phi) is 5.83. The first-order chi connectivity index (χ1) is 26.2. The molecule has 53 heavy (non-hydrogen) atoms. The fourth-order valence-corrected chi connectivity index (χ4v) is 10.3. The summed E-state index contributed by atoms with van der Waals surface area (Å²) in [6.07, 6.45) is 0. The molecular weight excluding hydrogens is 667 g/mol. The van der Waals surface area contributed by atoms with Gasteiger partial charge in [0.05, 0.1) is 53.7 Å². The highest BCUT2D eigenvalue weighted by Crippen LogP contribution is 2.44. The van der Waals surface area contributed by atoms with Gasteiger partial charge in [-0.3, -0.25) is 0 Å². The molecule has 0 radical (unpaired) electrons. The number of fused-ring (bicyclic) bond motifs is 12. The van der Waals surface area contributed by atoms with Crippen molar-refractivity contribution in [3.05, 3.63) is 176 Å². The molecule has 11 aromatic rings. The lowest BCUT2D eigenvalue weighted by atomic mass is 10.1. The van der Waals surface area contributed by atoms with Gasteiger partial charge >= 0.3 is 0 Å². The summed E-state index contributed by atoms with van der Waals surface area (Å²) in [6.45, 7) is 0. The van der Waals surface area contributed by atoms with Crippen LogP contribution in [0.1, 0.15) is 0 Å². The second kappa shape index (κ2) is 10.7. The van der Waals surface area contributed by atoms with Crippen LogP contribution in [-0.2, 0) is 10.8 Å². The normalized spacial score (nSPS) is 13.9. The topological polar surface area (TPSA) is 31.9 Å². The molecule has 12 rings (SSSR count). The van der Waals surface area contributed by atoms with E-state index in [-0.39, 0.29) is 0 Å². The van der Waals surface area contributed by atoms with Crippen LogP contribution >= 0.6 is 0 Å². The van der Waals surface area contributed by atoms with Crippen molar-refractivity contribution in [2.45, 2.75) is 9.79 Å². The molecule has 0 saturated heterocycles. The summed E-state index contributed by atoms with van der Waals surface area (Å²) in [5, 5.41) is 7.33. The van der Waals surface area contributed by atoms with Crippen LogP contribution < -0.4 is 0 Å². The van der Waals surface area contributed by atoms with Crippen LogP contribution in [0.2, 0.25) is 0 Å². The number of benzene rings is 8. The Morgan fingerprint density at radius 3 is 1.15 bits per heavy atom. The molecule has 0 bridgehead atoms. The maximum atomic E-state index is 13.5. The number of rotatable bonds is 3. The van der Waals surface area contributed by atoms with Crippen LogP contribution in [0, 0.1) is 0 Å². The Labute approximate surface area is 306 Å². The molecule has 1 aliphatic heterocycles. The Morgan fingerprint density at radius 1 is 0.302 bits per heavy atom. The minimum Gasteiger partial charge on any atom is -0.309 e. The molecule has 4 nitrogen and oxygen atoms in total. The maximum Gasteiger partial charge on any atom is 0.0862 e. The van der Waals surface area contributed by atoms with Crippen molar-refractivity contribution < 1.29 is 4.21 Å². The monoisotopic (exact) mass is 695 g/mol. The largest absolute Gasteiger partial charge is 0.309 e. The van der Waals surface area contributed by atoms with E-state index in [1.807, 2.05) is 18.2 Å². The number of hydrogen-bond acceptors (Lipinski definition) is 1. The van der Waals surface area contributed by atoms with Gasteiger partial charge in [0.2, 0.25) is 0 Å². The number of aromatic nitrogens is 3. The minimum absolute atomic E-state index is 0.873. The lowest BCUT2D eigenvalue weighted by molar-refractivity contribution is 0.685. The quantitative estimate of drug-likeness (QED) is 0.181. The Balaban J connectivity index is 1.17. The van der Waals surface area contributed by atoms with Crippen LogP contribution in [0.4, 0.5) is 0 Å². The van der Waals surface area contributed by atoms with E-state index in [2.05, 4.69) is 171 Å². The molecule has 0 N–H and O–H groups in total. The third-order valence-corrected chi connectivity index (χ3v) is 12.7. The molecule has 1 aliphatic rings. The summed E-state index contributed by atoms with van der Waals surface area (Å²) < 4.78 is 20.6. The van der Waals surface area contributed by atoms with Crippen molar-refractivity contribution in [2.24, 2.45) is 0 Å². The zero-order valence-corrected chi connectivity index (χ0v) is 29.2. The minimum atomic E-state index is -1.18. The van der Waals surface area contributed by atoms with Crippen LogP contribution in [0.5, 0.6) is 0 Å². The average Bonchev–Trinajstić information content (AvgIpc) is 3.92. The Morgan fingerprint density at radius 2 is 0.660 bits per heavy atom. The predicted molar refractivity (Wildman–Crippen MR) is 220 cm³/mol. The number of para-hydroxylation sites is 4. The van der Waals surface area contributed by atoms with Crippen LogP contribution in [0.3, 0.4) is 0 Å². The number of nitrogens with zero attached hydrogens (tertiary/aromatic N) is 3. The van der Waals surface area contributed by atoms with Crippen molar-refractivity contribution in [1.82, 2.24) is 13.7 Å². The van der Waals surface area contributed by atoms with E-state index >= 15 is 0 Å². The summed E-state index contributed by atoms with van der Waals surface area (Å²) in [5.41, 5.74) is 12.4. The molecule has 8 aromatic carbocycles. The van der Waals surface area contributed by atoms with Gasteiger partial charge in [-0.15, -0.1) is 0 Å². The third-order valence-electron chi connectivity index (χ3n) is 11.2. The van der Waals surface area contributed by atoms with Gasteiger partial charge in [0.1, 0.15) is 0 Å². The summed E-state index contributed by atoms with van der Waals surface area (Å²) >= 11 is 0. The van der Waals surface area contributed by atoms with E-state index in [0.29, 0.717) is 0 Å². The van der Waals surface area contributed by atoms with Crippen molar-refractivity contribution in [3.63, 3.8) is 0 Å². The molecule has 0 saturated carbocycles. The van der Waals surface area contributed by atoms with Crippen molar-refractivity contribution >= 4 is 76.2 Å². The second-order valence-electron chi connectivity index (χ2n) is 13.9. The molecular formula is C48H29N3OS. The van der Waals surface area contributed by atoms with E-state index in [1.165, 1.54) is 54.4 Å². The van der Waals surface area contributed by atoms with Crippen molar-refractivity contribution in [2.75, 3.05) is 0 Å². The van der Waals surface area contributed by atoms with Gasteiger partial charge in [0.25, 0.3) is 0 Å². The molecule has 5 heteroatoms. The molecule has 1 unspecified atom stereocenters. The summed E-state index contributed by atoms with van der Waals surface area (Å²) in [4.78, 5) is 1.76. The third kappa shape index (κ3) is 3.92. The standard InChI is InChI=1S/C48H29N3OS/c52-53-47-20-10-5-15-37(47)40-29-32(23-26-48(40)53)51-45-24-21-30(49-41-16-6-1-11-33(41)34-12-2-7-17-42(34)49)27-38(45)39-28-31(22-25-46(39)51)50-43-18-8-3-13-35(43)36-14-4-9-19-44(36)50/h1-29H. The molecule has 1 atom stereocenters. The SMILES string of the molecule is O=S1c2ccccc2-c2cc(-n3c4ccc(-n5c6ccccc6c6ccccc65)cc4c4cc(-n5c6ccccc6c6ccccc65)ccc43)ccc21. The lowest BCUT2D eigenvalue weighted by Crippen LogP contribution is -1.97. The van der Waals surface area contributed by atoms with Crippen LogP contribution in [0.15, 0.2) is 186 Å². The maximum absolute atomic E-state index is 13.5. The van der Waals surface area contributed by atoms with Crippen molar-refractivity contribution in [1.29, 1.82) is 0 Å². The highest BCUT2D eigenvalue weighted by molar-refractivity contribution is 7.85. The summed E-state index contributed by atoms with van der Waals surface area (Å²) in [5.74, 6) is 0. The fourth-order valence-electron chi connectivity index (χ4n) is 8.96. The second-order valence-corrected chi connectivity index (χ2v) is 15.3. The van der Waals surface area contributed by atoms with Gasteiger partial charge in [-0.05, 0) is 90.5 Å². The number of hydrogen-bond donors (Lipinski definition) is 0. The summed E-state index contributed by atoms with van der Waals surface area (Å²) in [7, 11) is -1.18. The molecule has 0 amide bonds. The van der Waals surface area contributed by atoms with E-state index in [0.717, 1.165) is 49.0 Å². The van der Waals surface area contributed by atoms with E-state index < -0.39 is 10.8 Å². The van der Waals surface area contributed by atoms with Gasteiger partial charge in [0.15, 0.2) is 0 Å². The zero-order chi connectivity index (χ0) is 34.8. The average molecular weight is 696 g/mol. The summed E-state index contributed by atoms with van der Waals surface area (Å²) in [6, 6.07) is 63.0. The molecule has 0 fully saturated rings. The molecule has 4 heterocycles. The van der Waals surface area contributed by atoms with E-state index in [1.54, 1.807) is 0 Å². The van der Waals surface area contributed by atoms with Gasteiger partial charge in [-0.1, -0.05) is 91.0 Å². The molecule has 3 aromatic heterocycles. The zero-order valence-electron chi connectivity index (χ0n) is 28.4. The van der Waals surface area contributed by atoms with Gasteiger partial charge in [-0.25, -0.2) is 4.21 Å². The van der Waals surface area contributed by atoms with Crippen LogP contribution in [0.25, 0.3) is 93.6 Å². The lowest BCUT2D eigenvalue weighted by Gasteiger charge is -2.12. The first-order valence-corrected chi connectivity index (χ1v) is 19.1. The van der Waals surface area contributed by atoms with Crippen LogP contribution in [-0.4, -0.2) is 17.9 Å². The van der Waals surface area contributed by atoms with E-state index in [4.69, 9.17) is 0 Å². The van der Waals surface area contributed by atoms with Gasteiger partial charge < -0.3 is 13.7 Å². The van der Waals surface area contributed by atoms with Gasteiger partial charge in [0, 0.05) is 54.9 Å².